The number of amides is 1. The summed E-state index contributed by atoms with van der Waals surface area (Å²) in [6.07, 6.45) is 8.96. The van der Waals surface area contributed by atoms with E-state index < -0.39 is 12.1 Å². The van der Waals surface area contributed by atoms with E-state index in [1.807, 2.05) is 72.8 Å². The van der Waals surface area contributed by atoms with Crippen molar-refractivity contribution < 1.29 is 15.8 Å². The van der Waals surface area contributed by atoms with Crippen LogP contribution in [0.25, 0.3) is 0 Å². The van der Waals surface area contributed by atoms with Crippen molar-refractivity contribution in [3.05, 3.63) is 107 Å². The van der Waals surface area contributed by atoms with Crippen molar-refractivity contribution in [1.82, 2.24) is 5.32 Å². The van der Waals surface area contributed by atoms with Crippen molar-refractivity contribution in [1.29, 1.82) is 0 Å². The highest BCUT2D eigenvalue weighted by atomic mass is 16.6. The van der Waals surface area contributed by atoms with Gasteiger partial charge >= 0.3 is 5.97 Å². The lowest BCUT2D eigenvalue weighted by molar-refractivity contribution is -0.146. The van der Waals surface area contributed by atoms with Gasteiger partial charge in [0, 0.05) is 13.1 Å². The summed E-state index contributed by atoms with van der Waals surface area (Å²) in [4.78, 5) is 25.5. The molecule has 3 aliphatic rings. The highest BCUT2D eigenvalue weighted by molar-refractivity contribution is 5.97. The summed E-state index contributed by atoms with van der Waals surface area (Å²) < 4.78 is 5.46. The van der Waals surface area contributed by atoms with Crippen molar-refractivity contribution in [2.75, 3.05) is 0 Å². The number of hydrogen-bond donors (Lipinski definition) is 1. The molecule has 3 atom stereocenters. The Kier molecular flexibility index (Phi) is 4.83. The number of rotatable bonds is 5. The third-order valence-corrected chi connectivity index (χ3v) is 6.09. The molecule has 1 heterocycles. The van der Waals surface area contributed by atoms with Crippen LogP contribution in [0.15, 0.2) is 96.1 Å². The quantitative estimate of drug-likeness (QED) is 0.753. The molecule has 1 saturated carbocycles. The molecule has 2 aromatic carbocycles. The van der Waals surface area contributed by atoms with Gasteiger partial charge in [-0.25, -0.2) is 4.79 Å². The van der Waals surface area contributed by atoms with E-state index in [9.17, 15) is 9.59 Å². The zero-order valence-electron chi connectivity index (χ0n) is 16.5. The maximum Gasteiger partial charge on any atom is 0.332 e. The Labute approximate surface area is 177 Å². The summed E-state index contributed by atoms with van der Waals surface area (Å²) in [5.41, 5.74) is 3.73. The predicted molar refractivity (Wildman–Crippen MR) is 116 cm³/mol. The second kappa shape index (κ2) is 7.79. The monoisotopic (exact) mass is 399 g/mol. The standard InChI is InChI=1S/C26H23NO3.H2/c28-23-16-22(20-14-8-7-13-19-15-21(19)20)25(30-23)26(29)27-24(17-9-3-1-4-10-17)18-11-5-2-6-12-18;/h1-12,14,16,19,21,24-25H,13,15H2,(H,27,29);1H. The SMILES string of the molecule is O=C1C=C(C2=CC=CCC3CC23)C(C(=O)NC(c2ccccc2)c2ccccc2)O1.[HH]. The third kappa shape index (κ3) is 3.61. The first-order valence-corrected chi connectivity index (χ1v) is 10.4. The minimum absolute atomic E-state index is 0. The first-order valence-electron chi connectivity index (χ1n) is 10.4. The smallest absolute Gasteiger partial charge is 0.332 e. The number of esters is 1. The highest BCUT2D eigenvalue weighted by Crippen LogP contribution is 2.51. The lowest BCUT2D eigenvalue weighted by atomic mass is 9.94. The van der Waals surface area contributed by atoms with E-state index in [1.54, 1.807) is 0 Å². The van der Waals surface area contributed by atoms with Gasteiger partial charge in [-0.05, 0) is 41.4 Å². The van der Waals surface area contributed by atoms with Crippen molar-refractivity contribution in [2.45, 2.75) is 25.0 Å². The van der Waals surface area contributed by atoms with Crippen LogP contribution in [0.3, 0.4) is 0 Å². The number of benzene rings is 2. The number of allylic oxidation sites excluding steroid dienone is 3. The van der Waals surface area contributed by atoms with E-state index in [0.717, 1.165) is 29.5 Å². The normalized spacial score (nSPS) is 24.4. The van der Waals surface area contributed by atoms with Crippen LogP contribution in [0.5, 0.6) is 0 Å². The molecular formula is C26H25NO3. The van der Waals surface area contributed by atoms with Gasteiger partial charge in [-0.1, -0.05) is 78.9 Å². The summed E-state index contributed by atoms with van der Waals surface area (Å²) >= 11 is 0. The molecule has 4 nitrogen and oxygen atoms in total. The number of fused-ring (bicyclic) bond motifs is 1. The van der Waals surface area contributed by atoms with Crippen LogP contribution in [0.4, 0.5) is 0 Å². The molecule has 0 spiro atoms. The second-order valence-electron chi connectivity index (χ2n) is 8.07. The topological polar surface area (TPSA) is 55.4 Å². The highest BCUT2D eigenvalue weighted by Gasteiger charge is 2.45. The summed E-state index contributed by atoms with van der Waals surface area (Å²) in [6, 6.07) is 19.3. The van der Waals surface area contributed by atoms with E-state index >= 15 is 0 Å². The molecule has 1 fully saturated rings. The predicted octanol–water partition coefficient (Wildman–Crippen LogP) is 4.51. The number of carbonyl (C=O) groups excluding carboxylic acids is 2. The van der Waals surface area contributed by atoms with Crippen molar-refractivity contribution >= 4 is 11.9 Å². The van der Waals surface area contributed by atoms with Gasteiger partial charge in [0.1, 0.15) is 0 Å². The van der Waals surface area contributed by atoms with E-state index in [-0.39, 0.29) is 13.4 Å². The molecule has 30 heavy (non-hydrogen) atoms. The number of carbonyl (C=O) groups is 2. The van der Waals surface area contributed by atoms with Crippen molar-refractivity contribution in [2.24, 2.45) is 11.8 Å². The van der Waals surface area contributed by atoms with Crippen molar-refractivity contribution in [3.8, 4) is 0 Å². The fraction of sp³-hybridized carbons (Fsp3) is 0.231. The Morgan fingerprint density at radius 2 is 1.67 bits per heavy atom. The largest absolute Gasteiger partial charge is 0.444 e. The molecule has 0 aromatic heterocycles. The molecule has 5 rings (SSSR count). The molecule has 1 aliphatic heterocycles. The van der Waals surface area contributed by atoms with Crippen LogP contribution < -0.4 is 5.32 Å². The lowest BCUT2D eigenvalue weighted by Crippen LogP contribution is -2.39. The van der Waals surface area contributed by atoms with Gasteiger partial charge in [0.05, 0.1) is 6.04 Å². The Morgan fingerprint density at radius 3 is 2.33 bits per heavy atom. The first-order chi connectivity index (χ1) is 14.7. The van der Waals surface area contributed by atoms with E-state index in [2.05, 4.69) is 11.4 Å². The molecule has 1 N–H and O–H groups in total. The maximum absolute atomic E-state index is 13.3. The molecule has 4 heteroatoms. The van der Waals surface area contributed by atoms with Gasteiger partial charge in [0.15, 0.2) is 0 Å². The molecule has 3 unspecified atom stereocenters. The van der Waals surface area contributed by atoms with Crippen LogP contribution in [0.1, 0.15) is 31.4 Å². The van der Waals surface area contributed by atoms with Crippen LogP contribution in [0.2, 0.25) is 0 Å². The fourth-order valence-corrected chi connectivity index (χ4v) is 4.46. The number of cyclic esters (lactones) is 1. The summed E-state index contributed by atoms with van der Waals surface area (Å²) in [5, 5.41) is 3.12. The summed E-state index contributed by atoms with van der Waals surface area (Å²) in [7, 11) is 0. The number of ether oxygens (including phenoxy) is 1. The van der Waals surface area contributed by atoms with Gasteiger partial charge < -0.3 is 10.1 Å². The molecule has 2 aliphatic carbocycles. The van der Waals surface area contributed by atoms with Gasteiger partial charge in [-0.15, -0.1) is 0 Å². The summed E-state index contributed by atoms with van der Waals surface area (Å²) in [6.45, 7) is 0. The van der Waals surface area contributed by atoms with E-state index in [4.69, 9.17) is 4.74 Å². The molecule has 0 radical (unpaired) electrons. The molecule has 2 aromatic rings. The van der Waals surface area contributed by atoms with Gasteiger partial charge in [-0.2, -0.15) is 0 Å². The van der Waals surface area contributed by atoms with E-state index in [0.29, 0.717) is 17.4 Å². The van der Waals surface area contributed by atoms with Gasteiger partial charge in [-0.3, -0.25) is 4.79 Å². The fourth-order valence-electron chi connectivity index (χ4n) is 4.46. The second-order valence-corrected chi connectivity index (χ2v) is 8.07. The average molecular weight is 399 g/mol. The van der Waals surface area contributed by atoms with Gasteiger partial charge in [0.25, 0.3) is 5.91 Å². The molecule has 0 saturated heterocycles. The zero-order valence-corrected chi connectivity index (χ0v) is 16.5. The van der Waals surface area contributed by atoms with Crippen LogP contribution >= 0.6 is 0 Å². The average Bonchev–Trinajstić information content (AvgIpc) is 3.47. The van der Waals surface area contributed by atoms with Crippen LogP contribution in [-0.2, 0) is 14.3 Å². The minimum Gasteiger partial charge on any atom is -0.444 e. The Hall–Kier alpha value is -3.40. The third-order valence-electron chi connectivity index (χ3n) is 6.09. The lowest BCUT2D eigenvalue weighted by Gasteiger charge is -2.23. The Morgan fingerprint density at radius 1 is 1.00 bits per heavy atom. The van der Waals surface area contributed by atoms with Crippen molar-refractivity contribution in [3.63, 3.8) is 0 Å². The number of hydrogen-bond acceptors (Lipinski definition) is 3. The van der Waals surface area contributed by atoms with Gasteiger partial charge in [0.2, 0.25) is 6.10 Å². The first kappa shape index (κ1) is 18.6. The summed E-state index contributed by atoms with van der Waals surface area (Å²) in [5.74, 6) is 0.273. The van der Waals surface area contributed by atoms with E-state index in [1.165, 1.54) is 6.08 Å². The van der Waals surface area contributed by atoms with Crippen LogP contribution in [0, 0.1) is 11.8 Å². The maximum atomic E-state index is 13.3. The zero-order chi connectivity index (χ0) is 20.5. The minimum atomic E-state index is -0.911. The Balaban J connectivity index is 0.00000231. The number of nitrogens with one attached hydrogen (secondary N) is 1. The Bertz CT molecular complexity index is 1020. The molecule has 1 amide bonds. The molecular weight excluding hydrogens is 374 g/mol. The molecule has 0 bridgehead atoms. The molecule has 152 valence electrons. The van der Waals surface area contributed by atoms with Crippen LogP contribution in [-0.4, -0.2) is 18.0 Å².